The number of nitrogens with zero attached hydrogens (tertiary/aromatic N) is 1. The maximum absolute atomic E-state index is 12.8. The van der Waals surface area contributed by atoms with Crippen molar-refractivity contribution < 1.29 is 13.5 Å². The van der Waals surface area contributed by atoms with Gasteiger partial charge in [0.1, 0.15) is 0 Å². The van der Waals surface area contributed by atoms with E-state index in [0.717, 1.165) is 31.2 Å². The maximum atomic E-state index is 12.8. The van der Waals surface area contributed by atoms with E-state index in [1.165, 1.54) is 0 Å². The molecule has 1 N–H and O–H groups in total. The van der Waals surface area contributed by atoms with Gasteiger partial charge in [-0.25, -0.2) is 8.42 Å². The van der Waals surface area contributed by atoms with E-state index >= 15 is 0 Å². The van der Waals surface area contributed by atoms with Crippen LogP contribution in [0.1, 0.15) is 45.1 Å². The van der Waals surface area contributed by atoms with Crippen molar-refractivity contribution in [2.45, 2.75) is 62.9 Å². The van der Waals surface area contributed by atoms with Crippen LogP contribution in [0.15, 0.2) is 29.2 Å². The van der Waals surface area contributed by atoms with Crippen molar-refractivity contribution in [3.63, 3.8) is 0 Å². The lowest BCUT2D eigenvalue weighted by molar-refractivity contribution is 0.204. The van der Waals surface area contributed by atoms with Crippen molar-refractivity contribution in [2.24, 2.45) is 0 Å². The Labute approximate surface area is 127 Å². The normalized spacial score (nSPS) is 24.1. The number of benzene rings is 1. The van der Waals surface area contributed by atoms with Gasteiger partial charge in [-0.05, 0) is 57.2 Å². The molecule has 0 saturated carbocycles. The maximum Gasteiger partial charge on any atom is 0.243 e. The molecular weight excluding hydrogens is 286 g/mol. The summed E-state index contributed by atoms with van der Waals surface area (Å²) in [6.45, 7) is 4.13. The Morgan fingerprint density at radius 3 is 2.24 bits per heavy atom. The minimum atomic E-state index is -3.41. The van der Waals surface area contributed by atoms with Crippen LogP contribution in [0.5, 0.6) is 0 Å². The lowest BCUT2D eigenvalue weighted by Crippen LogP contribution is -2.47. The van der Waals surface area contributed by atoms with E-state index in [4.69, 9.17) is 5.11 Å². The highest BCUT2D eigenvalue weighted by Crippen LogP contribution is 2.29. The van der Waals surface area contributed by atoms with E-state index in [1.807, 2.05) is 26.0 Å². The highest BCUT2D eigenvalue weighted by atomic mass is 32.2. The first-order valence-corrected chi connectivity index (χ1v) is 9.14. The lowest BCUT2D eigenvalue weighted by atomic mass is 10.0. The smallest absolute Gasteiger partial charge is 0.243 e. The summed E-state index contributed by atoms with van der Waals surface area (Å²) in [5, 5.41) is 8.84. The first kappa shape index (κ1) is 16.5. The van der Waals surface area contributed by atoms with Crippen LogP contribution >= 0.6 is 0 Å². The van der Waals surface area contributed by atoms with Gasteiger partial charge in [0.2, 0.25) is 10.0 Å². The van der Waals surface area contributed by atoms with Crippen molar-refractivity contribution in [2.75, 3.05) is 6.61 Å². The second-order valence-electron chi connectivity index (χ2n) is 5.94. The van der Waals surface area contributed by atoms with E-state index < -0.39 is 10.0 Å². The van der Waals surface area contributed by atoms with Crippen LogP contribution in [-0.2, 0) is 16.4 Å². The van der Waals surface area contributed by atoms with Crippen molar-refractivity contribution in [1.29, 1.82) is 0 Å². The number of hydrogen-bond acceptors (Lipinski definition) is 3. The molecule has 0 aliphatic carbocycles. The number of aliphatic hydroxyl groups is 1. The van der Waals surface area contributed by atoms with Crippen LogP contribution in [0.3, 0.4) is 0 Å². The number of hydrogen-bond donors (Lipinski definition) is 1. The van der Waals surface area contributed by atoms with Crippen LogP contribution in [0.25, 0.3) is 0 Å². The molecule has 1 aliphatic heterocycles. The fraction of sp³-hybridized carbons (Fsp3) is 0.625. The molecule has 1 aliphatic rings. The number of aliphatic hydroxyl groups excluding tert-OH is 1. The molecule has 2 rings (SSSR count). The molecule has 1 aromatic carbocycles. The summed E-state index contributed by atoms with van der Waals surface area (Å²) in [5.74, 6) is 0. The van der Waals surface area contributed by atoms with E-state index in [2.05, 4.69) is 0 Å². The highest BCUT2D eigenvalue weighted by molar-refractivity contribution is 7.89. The van der Waals surface area contributed by atoms with Gasteiger partial charge in [0, 0.05) is 18.7 Å². The predicted molar refractivity (Wildman–Crippen MR) is 83.6 cm³/mol. The quantitative estimate of drug-likeness (QED) is 0.909. The summed E-state index contributed by atoms with van der Waals surface area (Å²) in [7, 11) is -3.41. The van der Waals surface area contributed by atoms with Crippen molar-refractivity contribution in [1.82, 2.24) is 4.31 Å². The molecule has 0 amide bonds. The molecule has 2 unspecified atom stereocenters. The molecule has 5 heteroatoms. The van der Waals surface area contributed by atoms with Gasteiger partial charge < -0.3 is 5.11 Å². The fourth-order valence-electron chi connectivity index (χ4n) is 3.10. The minimum absolute atomic E-state index is 0.0628. The Morgan fingerprint density at radius 2 is 1.71 bits per heavy atom. The summed E-state index contributed by atoms with van der Waals surface area (Å²) >= 11 is 0. The Bertz CT molecular complexity index is 543. The molecule has 0 radical (unpaired) electrons. The third-order valence-electron chi connectivity index (χ3n) is 4.23. The van der Waals surface area contributed by atoms with Crippen LogP contribution in [0.4, 0.5) is 0 Å². The van der Waals surface area contributed by atoms with Crippen LogP contribution in [0, 0.1) is 0 Å². The highest BCUT2D eigenvalue weighted by Gasteiger charge is 2.35. The topological polar surface area (TPSA) is 57.6 Å². The Balaban J connectivity index is 2.22. The van der Waals surface area contributed by atoms with E-state index in [-0.39, 0.29) is 18.7 Å². The first-order valence-electron chi connectivity index (χ1n) is 7.70. The number of rotatable bonds is 5. The molecule has 1 saturated heterocycles. The van der Waals surface area contributed by atoms with Gasteiger partial charge in [-0.3, -0.25) is 0 Å². The molecule has 1 heterocycles. The molecule has 0 bridgehead atoms. The zero-order chi connectivity index (χ0) is 15.5. The third-order valence-corrected chi connectivity index (χ3v) is 6.38. The van der Waals surface area contributed by atoms with Gasteiger partial charge in [-0.1, -0.05) is 18.6 Å². The molecule has 1 aromatic rings. The lowest BCUT2D eigenvalue weighted by Gasteiger charge is -2.37. The summed E-state index contributed by atoms with van der Waals surface area (Å²) in [5.41, 5.74) is 1.06. The molecule has 21 heavy (non-hydrogen) atoms. The van der Waals surface area contributed by atoms with Crippen molar-refractivity contribution in [3.8, 4) is 0 Å². The van der Waals surface area contributed by atoms with Crippen LogP contribution in [0.2, 0.25) is 0 Å². The van der Waals surface area contributed by atoms with Crippen LogP contribution in [-0.4, -0.2) is 36.5 Å². The van der Waals surface area contributed by atoms with Gasteiger partial charge in [0.05, 0.1) is 4.90 Å². The zero-order valence-electron chi connectivity index (χ0n) is 12.8. The zero-order valence-corrected chi connectivity index (χ0v) is 13.6. The number of piperidine rings is 1. The molecule has 2 atom stereocenters. The minimum Gasteiger partial charge on any atom is -0.396 e. The molecule has 1 fully saturated rings. The summed E-state index contributed by atoms with van der Waals surface area (Å²) in [4.78, 5) is 0.371. The summed E-state index contributed by atoms with van der Waals surface area (Å²) < 4.78 is 27.3. The molecule has 4 nitrogen and oxygen atoms in total. The number of aryl methyl sites for hydroxylation is 1. The number of sulfonamides is 1. The van der Waals surface area contributed by atoms with Crippen LogP contribution < -0.4 is 0 Å². The van der Waals surface area contributed by atoms with Gasteiger partial charge in [0.25, 0.3) is 0 Å². The van der Waals surface area contributed by atoms with E-state index in [9.17, 15) is 8.42 Å². The second-order valence-corrected chi connectivity index (χ2v) is 7.78. The molecular formula is C16H25NO3S. The largest absolute Gasteiger partial charge is 0.396 e. The molecule has 0 aromatic heterocycles. The molecule has 118 valence electrons. The van der Waals surface area contributed by atoms with E-state index in [0.29, 0.717) is 11.3 Å². The van der Waals surface area contributed by atoms with E-state index in [1.54, 1.807) is 16.4 Å². The Morgan fingerprint density at radius 1 is 1.14 bits per heavy atom. The fourth-order valence-corrected chi connectivity index (χ4v) is 4.99. The third kappa shape index (κ3) is 3.65. The van der Waals surface area contributed by atoms with Crippen molar-refractivity contribution in [3.05, 3.63) is 29.8 Å². The van der Waals surface area contributed by atoms with Gasteiger partial charge >= 0.3 is 0 Å². The van der Waals surface area contributed by atoms with Gasteiger partial charge in [-0.15, -0.1) is 0 Å². The average Bonchev–Trinajstić information content (AvgIpc) is 2.45. The second kappa shape index (κ2) is 6.90. The summed E-state index contributed by atoms with van der Waals surface area (Å²) in [6.07, 6.45) is 4.42. The first-order chi connectivity index (χ1) is 9.96. The Kier molecular flexibility index (Phi) is 5.41. The van der Waals surface area contributed by atoms with Gasteiger partial charge in [0.15, 0.2) is 0 Å². The average molecular weight is 311 g/mol. The van der Waals surface area contributed by atoms with Crippen molar-refractivity contribution >= 4 is 10.0 Å². The predicted octanol–water partition coefficient (Wildman–Crippen LogP) is 2.56. The summed E-state index contributed by atoms with van der Waals surface area (Å²) in [6, 6.07) is 7.20. The monoisotopic (exact) mass is 311 g/mol. The standard InChI is InChI=1S/C16H25NO3S/c1-13-5-3-6-14(2)17(13)21(19,20)16-10-8-15(9-11-16)7-4-12-18/h8-11,13-14,18H,3-7,12H2,1-2H3. The molecule has 0 spiro atoms. The Hall–Kier alpha value is -0.910. The van der Waals surface area contributed by atoms with Gasteiger partial charge in [-0.2, -0.15) is 4.31 Å². The SMILES string of the molecule is CC1CCCC(C)N1S(=O)(=O)c1ccc(CCCO)cc1.